The summed E-state index contributed by atoms with van der Waals surface area (Å²) in [6.07, 6.45) is 0. The second-order valence-corrected chi connectivity index (χ2v) is 5.87. The van der Waals surface area contributed by atoms with Gasteiger partial charge in [-0.15, -0.1) is 0 Å². The Hall–Kier alpha value is -1.52. The minimum atomic E-state index is -0.186. The van der Waals surface area contributed by atoms with Crippen LogP contribution in [0, 0.1) is 13.8 Å². The zero-order chi connectivity index (χ0) is 14.9. The third-order valence-corrected chi connectivity index (χ3v) is 4.26. The van der Waals surface area contributed by atoms with Crippen LogP contribution in [0.3, 0.4) is 0 Å². The van der Waals surface area contributed by atoms with Crippen LogP contribution >= 0.6 is 27.5 Å². The van der Waals surface area contributed by atoms with Gasteiger partial charge in [0.05, 0.1) is 5.02 Å². The van der Waals surface area contributed by atoms with Gasteiger partial charge in [0.25, 0.3) is 5.91 Å². The average Bonchev–Trinajstić information content (AvgIpc) is 2.39. The normalized spacial score (nSPS) is 10.4. The summed E-state index contributed by atoms with van der Waals surface area (Å²) in [6, 6.07) is 8.77. The van der Waals surface area contributed by atoms with Gasteiger partial charge < -0.3 is 11.1 Å². The molecule has 0 spiro atoms. The standard InChI is InChI=1S/C15H14BrClN2O/c1-8-6-14(9(2)5-13(8)18)19-15(20)10-3-4-12(17)11(16)7-10/h3-7H,18H2,1-2H3,(H,19,20). The molecule has 2 rings (SSSR count). The number of carbonyl (C=O) groups is 1. The zero-order valence-corrected chi connectivity index (χ0v) is 13.5. The van der Waals surface area contributed by atoms with E-state index in [1.807, 2.05) is 26.0 Å². The van der Waals surface area contributed by atoms with E-state index < -0.39 is 0 Å². The van der Waals surface area contributed by atoms with Crippen LogP contribution in [-0.4, -0.2) is 5.91 Å². The van der Waals surface area contributed by atoms with E-state index in [0.717, 1.165) is 22.5 Å². The molecule has 0 bridgehead atoms. The molecule has 2 aromatic carbocycles. The summed E-state index contributed by atoms with van der Waals surface area (Å²) in [4.78, 5) is 12.2. The highest BCUT2D eigenvalue weighted by Gasteiger charge is 2.10. The molecule has 0 saturated heterocycles. The van der Waals surface area contributed by atoms with Crippen molar-refractivity contribution in [1.29, 1.82) is 0 Å². The second kappa shape index (κ2) is 5.85. The van der Waals surface area contributed by atoms with Crippen molar-refractivity contribution >= 4 is 44.8 Å². The topological polar surface area (TPSA) is 55.1 Å². The van der Waals surface area contributed by atoms with Gasteiger partial charge in [-0.2, -0.15) is 0 Å². The van der Waals surface area contributed by atoms with Crippen LogP contribution < -0.4 is 11.1 Å². The molecule has 0 heterocycles. The van der Waals surface area contributed by atoms with Gasteiger partial charge in [-0.3, -0.25) is 4.79 Å². The number of amides is 1. The number of nitrogens with one attached hydrogen (secondary N) is 1. The first-order valence-electron chi connectivity index (χ1n) is 6.01. The molecule has 0 fully saturated rings. The van der Waals surface area contributed by atoms with Crippen LogP contribution in [-0.2, 0) is 0 Å². The monoisotopic (exact) mass is 352 g/mol. The second-order valence-electron chi connectivity index (χ2n) is 4.61. The Morgan fingerprint density at radius 1 is 1.20 bits per heavy atom. The van der Waals surface area contributed by atoms with Gasteiger partial charge >= 0.3 is 0 Å². The molecule has 20 heavy (non-hydrogen) atoms. The molecular weight excluding hydrogens is 340 g/mol. The van der Waals surface area contributed by atoms with Crippen molar-refractivity contribution in [2.45, 2.75) is 13.8 Å². The van der Waals surface area contributed by atoms with Crippen LogP contribution in [0.25, 0.3) is 0 Å². The lowest BCUT2D eigenvalue weighted by molar-refractivity contribution is 0.102. The SMILES string of the molecule is Cc1cc(NC(=O)c2ccc(Cl)c(Br)c2)c(C)cc1N. The van der Waals surface area contributed by atoms with Crippen LogP contribution in [0.15, 0.2) is 34.8 Å². The minimum absolute atomic E-state index is 0.186. The molecule has 104 valence electrons. The van der Waals surface area contributed by atoms with Gasteiger partial charge in [-0.05, 0) is 71.2 Å². The first kappa shape index (κ1) is 14.9. The number of carbonyl (C=O) groups excluding carboxylic acids is 1. The zero-order valence-electron chi connectivity index (χ0n) is 11.1. The molecule has 3 N–H and O–H groups in total. The summed E-state index contributed by atoms with van der Waals surface area (Å²) < 4.78 is 0.692. The number of halogens is 2. The van der Waals surface area contributed by atoms with Crippen molar-refractivity contribution in [2.75, 3.05) is 11.1 Å². The van der Waals surface area contributed by atoms with Crippen molar-refractivity contribution in [1.82, 2.24) is 0 Å². The van der Waals surface area contributed by atoms with Gasteiger partial charge in [0.1, 0.15) is 0 Å². The van der Waals surface area contributed by atoms with Crippen molar-refractivity contribution in [3.8, 4) is 0 Å². The average molecular weight is 354 g/mol. The maximum absolute atomic E-state index is 12.2. The Kier molecular flexibility index (Phi) is 4.35. The van der Waals surface area contributed by atoms with Gasteiger partial charge in [-0.25, -0.2) is 0 Å². The number of nitrogens with two attached hydrogens (primary N) is 1. The third-order valence-electron chi connectivity index (χ3n) is 3.04. The number of rotatable bonds is 2. The summed E-state index contributed by atoms with van der Waals surface area (Å²) >= 11 is 9.22. The summed E-state index contributed by atoms with van der Waals surface area (Å²) in [5.41, 5.74) is 9.71. The molecule has 0 aromatic heterocycles. The van der Waals surface area contributed by atoms with E-state index in [4.69, 9.17) is 17.3 Å². The molecular formula is C15H14BrClN2O. The lowest BCUT2D eigenvalue weighted by Gasteiger charge is -2.11. The van der Waals surface area contributed by atoms with Crippen LogP contribution in [0.2, 0.25) is 5.02 Å². The van der Waals surface area contributed by atoms with Gasteiger partial charge in [0.15, 0.2) is 0 Å². The van der Waals surface area contributed by atoms with E-state index in [-0.39, 0.29) is 5.91 Å². The van der Waals surface area contributed by atoms with Crippen molar-refractivity contribution in [3.05, 3.63) is 56.5 Å². The maximum Gasteiger partial charge on any atom is 0.255 e. The van der Waals surface area contributed by atoms with E-state index in [1.165, 1.54) is 0 Å². The number of anilines is 2. The highest BCUT2D eigenvalue weighted by molar-refractivity contribution is 9.10. The Morgan fingerprint density at radius 3 is 2.55 bits per heavy atom. The quantitative estimate of drug-likeness (QED) is 0.778. The van der Waals surface area contributed by atoms with Gasteiger partial charge in [0, 0.05) is 21.4 Å². The fourth-order valence-corrected chi connectivity index (χ4v) is 2.30. The highest BCUT2D eigenvalue weighted by atomic mass is 79.9. The Bertz CT molecular complexity index is 686. The van der Waals surface area contributed by atoms with Crippen molar-refractivity contribution in [2.24, 2.45) is 0 Å². The number of benzene rings is 2. The summed E-state index contributed by atoms with van der Waals surface area (Å²) in [7, 11) is 0. The fraction of sp³-hybridized carbons (Fsp3) is 0.133. The third kappa shape index (κ3) is 3.14. The summed E-state index contributed by atoms with van der Waals surface area (Å²) in [6.45, 7) is 3.81. The molecule has 0 aliphatic rings. The van der Waals surface area contributed by atoms with Crippen LogP contribution in [0.4, 0.5) is 11.4 Å². The Labute approximate surface area is 131 Å². The summed E-state index contributed by atoms with van der Waals surface area (Å²) in [5, 5.41) is 3.45. The predicted octanol–water partition coefficient (Wildman–Crippen LogP) is 4.55. The first-order chi connectivity index (χ1) is 9.38. The predicted molar refractivity (Wildman–Crippen MR) is 87.4 cm³/mol. The number of hydrogen-bond acceptors (Lipinski definition) is 2. The van der Waals surface area contributed by atoms with Gasteiger partial charge in [-0.1, -0.05) is 11.6 Å². The summed E-state index contributed by atoms with van der Waals surface area (Å²) in [5.74, 6) is -0.186. The van der Waals surface area contributed by atoms with Crippen LogP contribution in [0.1, 0.15) is 21.5 Å². The van der Waals surface area contributed by atoms with E-state index >= 15 is 0 Å². The fourth-order valence-electron chi connectivity index (χ4n) is 1.81. The molecule has 1 amide bonds. The number of hydrogen-bond donors (Lipinski definition) is 2. The molecule has 0 aliphatic carbocycles. The highest BCUT2D eigenvalue weighted by Crippen LogP contribution is 2.25. The lowest BCUT2D eigenvalue weighted by Crippen LogP contribution is -2.13. The number of aryl methyl sites for hydroxylation is 2. The molecule has 0 atom stereocenters. The number of nitrogen functional groups attached to an aromatic ring is 1. The molecule has 5 heteroatoms. The smallest absolute Gasteiger partial charge is 0.255 e. The Morgan fingerprint density at radius 2 is 1.90 bits per heavy atom. The van der Waals surface area contributed by atoms with Gasteiger partial charge in [0.2, 0.25) is 0 Å². The largest absolute Gasteiger partial charge is 0.399 e. The van der Waals surface area contributed by atoms with Crippen molar-refractivity contribution in [3.63, 3.8) is 0 Å². The minimum Gasteiger partial charge on any atom is -0.399 e. The molecule has 0 unspecified atom stereocenters. The van der Waals surface area contributed by atoms with Crippen LogP contribution in [0.5, 0.6) is 0 Å². The molecule has 2 aromatic rings. The molecule has 3 nitrogen and oxygen atoms in total. The van der Waals surface area contributed by atoms with E-state index in [9.17, 15) is 4.79 Å². The van der Waals surface area contributed by atoms with Crippen molar-refractivity contribution < 1.29 is 4.79 Å². The van der Waals surface area contributed by atoms with E-state index in [1.54, 1.807) is 18.2 Å². The molecule has 0 saturated carbocycles. The van der Waals surface area contributed by atoms with E-state index in [0.29, 0.717) is 15.1 Å². The molecule has 0 aliphatic heterocycles. The van der Waals surface area contributed by atoms with E-state index in [2.05, 4.69) is 21.2 Å². The lowest BCUT2D eigenvalue weighted by atomic mass is 10.1. The maximum atomic E-state index is 12.2. The first-order valence-corrected chi connectivity index (χ1v) is 7.18. The molecule has 0 radical (unpaired) electrons. The Balaban J connectivity index is 2.27.